The van der Waals surface area contributed by atoms with Crippen LogP contribution >= 0.6 is 0 Å². The van der Waals surface area contributed by atoms with Crippen LogP contribution in [0.1, 0.15) is 34.2 Å². The minimum Gasteiger partial charge on any atom is -0.447 e. The van der Waals surface area contributed by atoms with Gasteiger partial charge >= 0.3 is 12.1 Å². The lowest BCUT2D eigenvalue weighted by Gasteiger charge is -2.16. The van der Waals surface area contributed by atoms with Gasteiger partial charge in [-0.15, -0.1) is 0 Å². The van der Waals surface area contributed by atoms with Crippen LogP contribution in [0.3, 0.4) is 0 Å². The number of nitrogens with one attached hydrogen (secondary N) is 1. The van der Waals surface area contributed by atoms with E-state index in [0.717, 1.165) is 13.0 Å². The highest BCUT2D eigenvalue weighted by Gasteiger charge is 2.36. The maximum absolute atomic E-state index is 13.2. The second-order valence-corrected chi connectivity index (χ2v) is 6.52. The van der Waals surface area contributed by atoms with Crippen molar-refractivity contribution in [2.24, 2.45) is 7.05 Å². The molecular weight excluding hydrogens is 425 g/mol. The number of hydrogen-bond acceptors (Lipinski definition) is 7. The van der Waals surface area contributed by atoms with Crippen molar-refractivity contribution in [2.45, 2.75) is 33.1 Å². The Morgan fingerprint density at radius 2 is 1.87 bits per heavy atom. The van der Waals surface area contributed by atoms with Crippen LogP contribution in [0.25, 0.3) is 0 Å². The van der Waals surface area contributed by atoms with Crippen LogP contribution < -0.4 is 5.32 Å². The number of nitro groups is 1. The lowest BCUT2D eigenvalue weighted by atomic mass is 10.1. The second kappa shape index (κ2) is 8.53. The number of halogens is 3. The molecule has 1 atom stereocenters. The van der Waals surface area contributed by atoms with E-state index in [-0.39, 0.29) is 17.3 Å². The molecule has 0 saturated carbocycles. The first-order valence-electron chi connectivity index (χ1n) is 8.66. The fraction of sp³-hybridized carbons (Fsp3) is 0.333. The van der Waals surface area contributed by atoms with Crippen LogP contribution in [0.4, 0.5) is 24.5 Å². The number of hydrogen-bond donors (Lipinski definition) is 1. The summed E-state index contributed by atoms with van der Waals surface area (Å²) in [4.78, 5) is 46.4. The summed E-state index contributed by atoms with van der Waals surface area (Å²) in [7, 11) is 1.56. The van der Waals surface area contributed by atoms with E-state index in [1.165, 1.54) is 11.6 Å². The van der Waals surface area contributed by atoms with Gasteiger partial charge in [0.25, 0.3) is 17.4 Å². The van der Waals surface area contributed by atoms with Gasteiger partial charge in [0.15, 0.2) is 6.10 Å². The van der Waals surface area contributed by atoms with Gasteiger partial charge in [-0.25, -0.2) is 4.79 Å². The molecule has 1 aromatic heterocycles. The SMILES string of the molecule is Cc1nn(C)c(C)c1C(=O)C(=O)OC(C)C(=O)Nc1ccc([N+](=O)[O-])cc1C(F)(F)F. The average molecular weight is 442 g/mol. The van der Waals surface area contributed by atoms with Gasteiger partial charge in [-0.3, -0.25) is 24.4 Å². The average Bonchev–Trinajstić information content (AvgIpc) is 2.91. The summed E-state index contributed by atoms with van der Waals surface area (Å²) in [5, 5.41) is 16.6. The number of ether oxygens (including phenoxy) is 1. The van der Waals surface area contributed by atoms with Gasteiger partial charge in [-0.1, -0.05) is 0 Å². The molecule has 0 spiro atoms. The maximum Gasteiger partial charge on any atom is 0.418 e. The summed E-state index contributed by atoms with van der Waals surface area (Å²) >= 11 is 0. The Balaban J connectivity index is 2.18. The van der Waals surface area contributed by atoms with Crippen molar-refractivity contribution >= 4 is 29.0 Å². The van der Waals surface area contributed by atoms with Crippen LogP contribution in [0.2, 0.25) is 0 Å². The van der Waals surface area contributed by atoms with Gasteiger partial charge in [0.2, 0.25) is 0 Å². The van der Waals surface area contributed by atoms with Crippen LogP contribution in [0.15, 0.2) is 18.2 Å². The summed E-state index contributed by atoms with van der Waals surface area (Å²) in [5.74, 6) is -3.62. The Labute approximate surface area is 173 Å². The monoisotopic (exact) mass is 442 g/mol. The number of benzene rings is 1. The Bertz CT molecular complexity index is 1080. The molecule has 0 aliphatic carbocycles. The van der Waals surface area contributed by atoms with Gasteiger partial charge in [0.05, 0.1) is 27.4 Å². The first-order valence-corrected chi connectivity index (χ1v) is 8.66. The van der Waals surface area contributed by atoms with Crippen molar-refractivity contribution in [1.82, 2.24) is 9.78 Å². The van der Waals surface area contributed by atoms with E-state index in [4.69, 9.17) is 4.74 Å². The molecule has 0 aliphatic rings. The van der Waals surface area contributed by atoms with E-state index >= 15 is 0 Å². The molecule has 31 heavy (non-hydrogen) atoms. The Hall–Kier alpha value is -3.77. The van der Waals surface area contributed by atoms with Crippen molar-refractivity contribution in [3.63, 3.8) is 0 Å². The standard InChI is InChI=1S/C18H17F3N4O6/c1-8-14(9(2)24(4)23-8)15(26)17(28)31-10(3)16(27)22-13-6-5-11(25(29)30)7-12(13)18(19,20)21/h5-7,10H,1-4H3,(H,22,27). The number of nitrogens with zero attached hydrogens (tertiary/aromatic N) is 3. The minimum atomic E-state index is -5.00. The lowest BCUT2D eigenvalue weighted by molar-refractivity contribution is -0.385. The maximum atomic E-state index is 13.2. The summed E-state index contributed by atoms with van der Waals surface area (Å²) < 4.78 is 45.8. The molecule has 0 fully saturated rings. The molecule has 13 heteroatoms. The third kappa shape index (κ3) is 5.05. The number of aromatic nitrogens is 2. The number of esters is 1. The van der Waals surface area contributed by atoms with Crippen molar-refractivity contribution in [1.29, 1.82) is 0 Å². The first-order chi connectivity index (χ1) is 14.2. The molecule has 1 unspecified atom stereocenters. The van der Waals surface area contributed by atoms with Gasteiger partial charge < -0.3 is 10.1 Å². The van der Waals surface area contributed by atoms with Crippen LogP contribution in [0.5, 0.6) is 0 Å². The number of Topliss-reactive ketones (excluding diaryl/α,β-unsaturated/α-hetero) is 1. The van der Waals surface area contributed by atoms with Crippen molar-refractivity contribution < 1.29 is 37.2 Å². The molecule has 1 aromatic carbocycles. The first kappa shape index (κ1) is 23.5. The minimum absolute atomic E-state index is 0.00478. The number of alkyl halides is 3. The highest BCUT2D eigenvalue weighted by Crippen LogP contribution is 2.37. The largest absolute Gasteiger partial charge is 0.447 e. The normalized spacial score (nSPS) is 12.2. The van der Waals surface area contributed by atoms with E-state index in [1.807, 2.05) is 5.32 Å². The van der Waals surface area contributed by atoms with Crippen molar-refractivity contribution in [3.05, 3.63) is 50.8 Å². The third-order valence-electron chi connectivity index (χ3n) is 4.35. The molecule has 0 aliphatic heterocycles. The summed E-state index contributed by atoms with van der Waals surface area (Å²) in [6.45, 7) is 4.10. The van der Waals surface area contributed by atoms with Gasteiger partial charge in [-0.2, -0.15) is 18.3 Å². The summed E-state index contributed by atoms with van der Waals surface area (Å²) in [5.41, 5.74) is -2.40. The molecule has 1 heterocycles. The van der Waals surface area contributed by atoms with E-state index < -0.39 is 51.8 Å². The Morgan fingerprint density at radius 1 is 1.26 bits per heavy atom. The molecule has 10 nitrogen and oxygen atoms in total. The quantitative estimate of drug-likeness (QED) is 0.239. The number of carbonyl (C=O) groups excluding carboxylic acids is 3. The molecule has 2 rings (SSSR count). The molecule has 0 bridgehead atoms. The van der Waals surface area contributed by atoms with Gasteiger partial charge in [0.1, 0.15) is 0 Å². The molecular formula is C18H17F3N4O6. The zero-order valence-corrected chi connectivity index (χ0v) is 16.7. The number of amides is 1. The predicted octanol–water partition coefficient (Wildman–Crippen LogP) is 2.72. The van der Waals surface area contributed by atoms with E-state index in [0.29, 0.717) is 11.8 Å². The summed E-state index contributed by atoms with van der Waals surface area (Å²) in [6, 6.07) is 1.75. The van der Waals surface area contributed by atoms with Crippen LogP contribution in [0, 0.1) is 24.0 Å². The number of rotatable bonds is 6. The molecule has 0 saturated heterocycles. The molecule has 166 valence electrons. The van der Waals surface area contributed by atoms with Crippen molar-refractivity contribution in [3.8, 4) is 0 Å². The predicted molar refractivity (Wildman–Crippen MR) is 99.3 cm³/mol. The molecule has 0 radical (unpaired) electrons. The number of anilines is 1. The number of non-ortho nitro benzene ring substituents is 1. The van der Waals surface area contributed by atoms with E-state index in [2.05, 4.69) is 5.10 Å². The topological polar surface area (TPSA) is 133 Å². The summed E-state index contributed by atoms with van der Waals surface area (Å²) in [6.07, 6.45) is -6.63. The second-order valence-electron chi connectivity index (χ2n) is 6.52. The highest BCUT2D eigenvalue weighted by atomic mass is 19.4. The van der Waals surface area contributed by atoms with Crippen LogP contribution in [-0.4, -0.2) is 38.5 Å². The number of ketones is 1. The number of nitro benzene ring substituents is 1. The fourth-order valence-electron chi connectivity index (χ4n) is 2.70. The molecule has 1 amide bonds. The Kier molecular flexibility index (Phi) is 6.47. The van der Waals surface area contributed by atoms with Gasteiger partial charge in [-0.05, 0) is 26.8 Å². The molecule has 2 aromatic rings. The van der Waals surface area contributed by atoms with Crippen molar-refractivity contribution in [2.75, 3.05) is 5.32 Å². The fourth-order valence-corrected chi connectivity index (χ4v) is 2.70. The van der Waals surface area contributed by atoms with Gasteiger partial charge in [0, 0.05) is 24.9 Å². The zero-order valence-electron chi connectivity index (χ0n) is 16.7. The zero-order chi connectivity index (χ0) is 23.7. The molecule has 1 N–H and O–H groups in total. The van der Waals surface area contributed by atoms with E-state index in [9.17, 15) is 37.7 Å². The third-order valence-corrected chi connectivity index (χ3v) is 4.35. The van der Waals surface area contributed by atoms with Crippen LogP contribution in [-0.2, 0) is 27.5 Å². The number of carbonyl (C=O) groups is 3. The highest BCUT2D eigenvalue weighted by molar-refractivity contribution is 6.41. The lowest BCUT2D eigenvalue weighted by Crippen LogP contribution is -2.33. The number of aryl methyl sites for hydroxylation is 2. The Morgan fingerprint density at radius 3 is 2.35 bits per heavy atom. The van der Waals surface area contributed by atoms with E-state index in [1.54, 1.807) is 14.0 Å². The smallest absolute Gasteiger partial charge is 0.418 e.